The number of carboxylic acid groups (broad SMARTS) is 1. The minimum absolute atomic E-state index is 0.0234. The molecule has 21 heavy (non-hydrogen) atoms. The normalized spacial score (nSPS) is 9.62. The first-order chi connectivity index (χ1) is 9.90. The van der Waals surface area contributed by atoms with Crippen molar-refractivity contribution in [3.63, 3.8) is 0 Å². The Balaban J connectivity index is 2.45. The number of urea groups is 1. The van der Waals surface area contributed by atoms with Crippen LogP contribution in [0.15, 0.2) is 6.07 Å². The Bertz CT molecular complexity index is 548. The van der Waals surface area contributed by atoms with Crippen molar-refractivity contribution in [2.45, 2.75) is 6.92 Å². The number of carboxylic acids is 1. The molecule has 0 aliphatic rings. The van der Waals surface area contributed by atoms with Gasteiger partial charge in [-0.2, -0.15) is 4.98 Å². The van der Waals surface area contributed by atoms with E-state index in [1.807, 2.05) is 0 Å². The van der Waals surface area contributed by atoms with Gasteiger partial charge in [0.25, 0.3) is 0 Å². The molecule has 1 aromatic heterocycles. The molecule has 114 valence electrons. The number of aromatic nitrogens is 2. The molecule has 0 aliphatic heterocycles. The second kappa shape index (κ2) is 7.62. The molecule has 0 bridgehead atoms. The largest absolute Gasteiger partial charge is 0.481 e. The smallest absolute Gasteiger partial charge is 0.322 e. The van der Waals surface area contributed by atoms with Crippen LogP contribution in [0.3, 0.4) is 0 Å². The summed E-state index contributed by atoms with van der Waals surface area (Å²) in [5.74, 6) is -1.49. The fourth-order valence-electron chi connectivity index (χ4n) is 1.24. The number of amides is 3. The lowest BCUT2D eigenvalue weighted by molar-refractivity contribution is -0.137. The van der Waals surface area contributed by atoms with E-state index >= 15 is 0 Å². The average Bonchev–Trinajstić information content (AvgIpc) is 2.42. The summed E-state index contributed by atoms with van der Waals surface area (Å²) in [6.45, 7) is 0.815. The highest BCUT2D eigenvalue weighted by Crippen LogP contribution is 2.10. The maximum atomic E-state index is 11.5. The van der Waals surface area contributed by atoms with E-state index in [2.05, 4.69) is 25.9 Å². The van der Waals surface area contributed by atoms with Gasteiger partial charge in [0.2, 0.25) is 17.7 Å². The molecule has 0 saturated heterocycles. The summed E-state index contributed by atoms with van der Waals surface area (Å²) >= 11 is 0. The predicted molar refractivity (Wildman–Crippen MR) is 71.0 cm³/mol. The van der Waals surface area contributed by atoms with Crippen LogP contribution in [0, 0.1) is 6.92 Å². The average molecular weight is 297 g/mol. The van der Waals surface area contributed by atoms with Crippen molar-refractivity contribution in [2.75, 3.05) is 25.5 Å². The maximum absolute atomic E-state index is 11.5. The van der Waals surface area contributed by atoms with Gasteiger partial charge in [0.05, 0.1) is 13.7 Å². The summed E-state index contributed by atoms with van der Waals surface area (Å²) in [6.07, 6.45) is 0. The Labute approximate surface area is 119 Å². The first kappa shape index (κ1) is 16.1. The zero-order chi connectivity index (χ0) is 15.8. The van der Waals surface area contributed by atoms with E-state index in [1.165, 1.54) is 7.11 Å². The fraction of sp³-hybridized carbons (Fsp3) is 0.364. The monoisotopic (exact) mass is 297 g/mol. The van der Waals surface area contributed by atoms with Gasteiger partial charge in [-0.25, -0.2) is 9.78 Å². The maximum Gasteiger partial charge on any atom is 0.322 e. The van der Waals surface area contributed by atoms with E-state index in [4.69, 9.17) is 9.84 Å². The van der Waals surface area contributed by atoms with E-state index in [0.717, 1.165) is 0 Å². The summed E-state index contributed by atoms with van der Waals surface area (Å²) in [5.41, 5.74) is 0.594. The summed E-state index contributed by atoms with van der Waals surface area (Å²) in [5, 5.41) is 15.0. The molecule has 0 spiro atoms. The van der Waals surface area contributed by atoms with Gasteiger partial charge in [0.1, 0.15) is 6.54 Å². The fourth-order valence-corrected chi connectivity index (χ4v) is 1.24. The number of rotatable bonds is 6. The lowest BCUT2D eigenvalue weighted by Crippen LogP contribution is -2.40. The molecule has 0 saturated carbocycles. The molecule has 3 amide bonds. The van der Waals surface area contributed by atoms with Gasteiger partial charge < -0.3 is 20.5 Å². The van der Waals surface area contributed by atoms with Crippen molar-refractivity contribution in [3.05, 3.63) is 11.8 Å². The van der Waals surface area contributed by atoms with Crippen molar-refractivity contribution in [2.24, 2.45) is 0 Å². The van der Waals surface area contributed by atoms with Crippen LogP contribution in [0.2, 0.25) is 0 Å². The molecular weight excluding hydrogens is 282 g/mol. The van der Waals surface area contributed by atoms with Crippen molar-refractivity contribution in [1.82, 2.24) is 20.6 Å². The van der Waals surface area contributed by atoms with Crippen LogP contribution in [-0.2, 0) is 9.59 Å². The molecular formula is C11H15N5O5. The molecule has 0 aromatic carbocycles. The van der Waals surface area contributed by atoms with Gasteiger partial charge in [-0.05, 0) is 6.92 Å². The van der Waals surface area contributed by atoms with Gasteiger partial charge in [0.15, 0.2) is 0 Å². The van der Waals surface area contributed by atoms with E-state index in [1.54, 1.807) is 13.0 Å². The SMILES string of the molecule is COc1cc(C)nc(NC(=O)NCC(=O)NCC(=O)O)n1. The van der Waals surface area contributed by atoms with Crippen LogP contribution in [0.4, 0.5) is 10.7 Å². The molecule has 4 N–H and O–H groups in total. The van der Waals surface area contributed by atoms with Crippen LogP contribution in [0.25, 0.3) is 0 Å². The number of nitrogens with one attached hydrogen (secondary N) is 3. The van der Waals surface area contributed by atoms with Gasteiger partial charge in [-0.15, -0.1) is 0 Å². The van der Waals surface area contributed by atoms with Crippen molar-refractivity contribution in [1.29, 1.82) is 0 Å². The summed E-state index contributed by atoms with van der Waals surface area (Å²) in [4.78, 5) is 40.8. The van der Waals surface area contributed by atoms with E-state index < -0.39 is 24.5 Å². The van der Waals surface area contributed by atoms with E-state index in [0.29, 0.717) is 5.69 Å². The third kappa shape index (κ3) is 6.18. The Hall–Kier alpha value is -2.91. The molecule has 0 radical (unpaired) electrons. The number of hydrogen-bond acceptors (Lipinski definition) is 6. The lowest BCUT2D eigenvalue weighted by atomic mass is 10.4. The molecule has 10 heteroatoms. The van der Waals surface area contributed by atoms with Gasteiger partial charge in [-0.3, -0.25) is 14.9 Å². The second-order valence-electron chi connectivity index (χ2n) is 3.85. The molecule has 1 aromatic rings. The number of ether oxygens (including phenoxy) is 1. The van der Waals surface area contributed by atoms with Crippen molar-refractivity contribution in [3.8, 4) is 5.88 Å². The summed E-state index contributed by atoms with van der Waals surface area (Å²) in [7, 11) is 1.43. The van der Waals surface area contributed by atoms with E-state index in [-0.39, 0.29) is 18.4 Å². The molecule has 0 unspecified atom stereocenters. The Morgan fingerprint density at radius 2 is 1.95 bits per heavy atom. The molecule has 1 heterocycles. The highest BCUT2D eigenvalue weighted by Gasteiger charge is 2.09. The van der Waals surface area contributed by atoms with E-state index in [9.17, 15) is 14.4 Å². The number of aryl methyl sites for hydroxylation is 1. The first-order valence-electron chi connectivity index (χ1n) is 5.83. The third-order valence-electron chi connectivity index (χ3n) is 2.11. The van der Waals surface area contributed by atoms with Crippen LogP contribution >= 0.6 is 0 Å². The molecule has 0 fully saturated rings. The van der Waals surface area contributed by atoms with Crippen molar-refractivity contribution < 1.29 is 24.2 Å². The van der Waals surface area contributed by atoms with Gasteiger partial charge in [0, 0.05) is 11.8 Å². The number of aliphatic carboxylic acids is 1. The van der Waals surface area contributed by atoms with Crippen LogP contribution < -0.4 is 20.7 Å². The van der Waals surface area contributed by atoms with Crippen LogP contribution in [0.5, 0.6) is 5.88 Å². The second-order valence-corrected chi connectivity index (χ2v) is 3.85. The number of nitrogens with zero attached hydrogens (tertiary/aromatic N) is 2. The minimum Gasteiger partial charge on any atom is -0.481 e. The molecule has 0 atom stereocenters. The number of carbonyl (C=O) groups excluding carboxylic acids is 2. The summed E-state index contributed by atoms with van der Waals surface area (Å²) in [6, 6.07) is 0.885. The van der Waals surface area contributed by atoms with Gasteiger partial charge in [-0.1, -0.05) is 0 Å². The predicted octanol–water partition coefficient (Wildman–Crippen LogP) is -0.884. The minimum atomic E-state index is -1.17. The Kier molecular flexibility index (Phi) is 5.86. The quantitative estimate of drug-likeness (QED) is 0.533. The molecule has 0 aliphatic carbocycles. The highest BCUT2D eigenvalue weighted by atomic mass is 16.5. The Morgan fingerprint density at radius 1 is 1.24 bits per heavy atom. The van der Waals surface area contributed by atoms with Gasteiger partial charge >= 0.3 is 12.0 Å². The first-order valence-corrected chi connectivity index (χ1v) is 5.83. The standard InChI is InChI=1S/C11H15N5O5/c1-6-3-8(21-2)15-10(14-6)16-11(20)13-4-7(17)12-5-9(18)19/h3H,4-5H2,1-2H3,(H,12,17)(H,18,19)(H2,13,14,15,16,20). The number of hydrogen-bond donors (Lipinski definition) is 4. The summed E-state index contributed by atoms with van der Waals surface area (Å²) < 4.78 is 4.93. The molecule has 1 rings (SSSR count). The number of carbonyl (C=O) groups is 3. The zero-order valence-corrected chi connectivity index (χ0v) is 11.5. The lowest BCUT2D eigenvalue weighted by Gasteiger charge is -2.08. The Morgan fingerprint density at radius 3 is 2.57 bits per heavy atom. The number of anilines is 1. The van der Waals surface area contributed by atoms with Crippen LogP contribution in [-0.4, -0.2) is 53.2 Å². The third-order valence-corrected chi connectivity index (χ3v) is 2.11. The highest BCUT2D eigenvalue weighted by molar-refractivity contribution is 5.91. The number of methoxy groups -OCH3 is 1. The van der Waals surface area contributed by atoms with Crippen molar-refractivity contribution >= 4 is 23.9 Å². The zero-order valence-electron chi connectivity index (χ0n) is 11.5. The topological polar surface area (TPSA) is 143 Å². The molecule has 10 nitrogen and oxygen atoms in total. The van der Waals surface area contributed by atoms with Crippen LogP contribution in [0.1, 0.15) is 5.69 Å².